The molecule has 0 spiro atoms. The lowest BCUT2D eigenvalue weighted by Crippen LogP contribution is -2.31. The minimum absolute atomic E-state index is 0.118. The molecule has 29 heavy (non-hydrogen) atoms. The molecule has 0 saturated heterocycles. The van der Waals surface area contributed by atoms with E-state index >= 15 is 0 Å². The second-order valence-corrected chi connectivity index (χ2v) is 7.99. The zero-order chi connectivity index (χ0) is 21.0. The van der Waals surface area contributed by atoms with E-state index in [-0.39, 0.29) is 4.90 Å². The fourth-order valence-corrected chi connectivity index (χ4v) is 4.08. The first-order valence-corrected chi connectivity index (χ1v) is 10.2. The molecule has 0 aliphatic rings. The minimum Gasteiger partial charge on any atom is -0.497 e. The molecule has 1 atom stereocenters. The molecule has 0 radical (unpaired) electrons. The number of nitrogens with zero attached hydrogens (tertiary/aromatic N) is 2. The Morgan fingerprint density at radius 3 is 2.00 bits per heavy atom. The standard InChI is InChI=1S/C20H23N3O5S/c1-23-10-9-21-20(23)19(14-11-16(27-3)13-17(12-14)28-4)22-29(24,25)18-7-5-15(26-2)6-8-18/h5-13,19,22H,1-4H3. The molecule has 9 heteroatoms. The lowest BCUT2D eigenvalue weighted by atomic mass is 10.1. The third kappa shape index (κ3) is 4.52. The van der Waals surface area contributed by atoms with Crippen LogP contribution in [0.2, 0.25) is 0 Å². The highest BCUT2D eigenvalue weighted by molar-refractivity contribution is 7.89. The molecule has 1 N–H and O–H groups in total. The van der Waals surface area contributed by atoms with Crippen molar-refractivity contribution in [3.8, 4) is 17.2 Å². The smallest absolute Gasteiger partial charge is 0.241 e. The first-order valence-electron chi connectivity index (χ1n) is 8.74. The molecule has 1 aromatic heterocycles. The summed E-state index contributed by atoms with van der Waals surface area (Å²) in [5, 5.41) is 0. The number of aryl methyl sites for hydroxylation is 1. The largest absolute Gasteiger partial charge is 0.497 e. The van der Waals surface area contributed by atoms with E-state index in [0.717, 1.165) is 0 Å². The predicted octanol–water partition coefficient (Wildman–Crippen LogP) is 2.51. The van der Waals surface area contributed by atoms with Crippen molar-refractivity contribution >= 4 is 10.0 Å². The first kappa shape index (κ1) is 20.7. The van der Waals surface area contributed by atoms with Crippen molar-refractivity contribution in [1.82, 2.24) is 14.3 Å². The van der Waals surface area contributed by atoms with Crippen LogP contribution in [0.15, 0.2) is 59.8 Å². The number of hydrogen-bond acceptors (Lipinski definition) is 6. The van der Waals surface area contributed by atoms with Crippen LogP contribution >= 0.6 is 0 Å². The molecule has 0 bridgehead atoms. The highest BCUT2D eigenvalue weighted by atomic mass is 32.2. The van der Waals surface area contributed by atoms with E-state index in [9.17, 15) is 8.42 Å². The SMILES string of the molecule is COc1ccc(S(=O)(=O)NC(c2cc(OC)cc(OC)c2)c2nccn2C)cc1. The molecule has 3 aromatic rings. The summed E-state index contributed by atoms with van der Waals surface area (Å²) in [6, 6.07) is 10.6. The summed E-state index contributed by atoms with van der Waals surface area (Å²) in [4.78, 5) is 4.46. The monoisotopic (exact) mass is 417 g/mol. The van der Waals surface area contributed by atoms with Crippen molar-refractivity contribution in [1.29, 1.82) is 0 Å². The van der Waals surface area contributed by atoms with Gasteiger partial charge in [0.05, 0.1) is 26.2 Å². The number of benzene rings is 2. The van der Waals surface area contributed by atoms with Crippen LogP contribution in [0.4, 0.5) is 0 Å². The van der Waals surface area contributed by atoms with Gasteiger partial charge in [0, 0.05) is 25.5 Å². The van der Waals surface area contributed by atoms with E-state index in [2.05, 4.69) is 9.71 Å². The van der Waals surface area contributed by atoms with Crippen LogP contribution in [0.3, 0.4) is 0 Å². The average Bonchev–Trinajstić information content (AvgIpc) is 3.17. The summed E-state index contributed by atoms with van der Waals surface area (Å²) in [6.45, 7) is 0. The second kappa shape index (κ2) is 8.54. The van der Waals surface area contributed by atoms with Gasteiger partial charge in [-0.3, -0.25) is 0 Å². The topological polar surface area (TPSA) is 91.7 Å². The summed E-state index contributed by atoms with van der Waals surface area (Å²) < 4.78 is 46.4. The Kier molecular flexibility index (Phi) is 6.09. The molecule has 1 heterocycles. The van der Waals surface area contributed by atoms with Gasteiger partial charge in [-0.2, -0.15) is 4.72 Å². The van der Waals surface area contributed by atoms with E-state index in [1.165, 1.54) is 33.5 Å². The summed E-state index contributed by atoms with van der Waals surface area (Å²) >= 11 is 0. The van der Waals surface area contributed by atoms with Gasteiger partial charge in [-0.1, -0.05) is 0 Å². The van der Waals surface area contributed by atoms with E-state index in [0.29, 0.717) is 28.6 Å². The van der Waals surface area contributed by atoms with Gasteiger partial charge in [0.25, 0.3) is 0 Å². The molecule has 0 amide bonds. The van der Waals surface area contributed by atoms with Crippen molar-refractivity contribution in [2.45, 2.75) is 10.9 Å². The van der Waals surface area contributed by atoms with Gasteiger partial charge in [-0.25, -0.2) is 13.4 Å². The van der Waals surface area contributed by atoms with E-state index < -0.39 is 16.1 Å². The second-order valence-electron chi connectivity index (χ2n) is 6.27. The van der Waals surface area contributed by atoms with Crippen LogP contribution in [0.25, 0.3) is 0 Å². The van der Waals surface area contributed by atoms with Crippen LogP contribution in [0, 0.1) is 0 Å². The fourth-order valence-electron chi connectivity index (χ4n) is 2.90. The molecule has 0 aliphatic heterocycles. The Hall–Kier alpha value is -3.04. The number of ether oxygens (including phenoxy) is 3. The Morgan fingerprint density at radius 2 is 1.52 bits per heavy atom. The van der Waals surface area contributed by atoms with Crippen molar-refractivity contribution in [3.63, 3.8) is 0 Å². The van der Waals surface area contributed by atoms with Crippen LogP contribution in [0.5, 0.6) is 17.2 Å². The minimum atomic E-state index is -3.86. The van der Waals surface area contributed by atoms with Gasteiger partial charge in [-0.15, -0.1) is 0 Å². The maximum absolute atomic E-state index is 13.1. The average molecular weight is 417 g/mol. The summed E-state index contributed by atoms with van der Waals surface area (Å²) in [7, 11) is 2.54. The number of hydrogen-bond donors (Lipinski definition) is 1. The lowest BCUT2D eigenvalue weighted by molar-refractivity contribution is 0.392. The first-order chi connectivity index (χ1) is 13.9. The number of nitrogens with one attached hydrogen (secondary N) is 1. The fraction of sp³-hybridized carbons (Fsp3) is 0.250. The van der Waals surface area contributed by atoms with Crippen molar-refractivity contribution < 1.29 is 22.6 Å². The highest BCUT2D eigenvalue weighted by Gasteiger charge is 2.27. The predicted molar refractivity (Wildman–Crippen MR) is 108 cm³/mol. The van der Waals surface area contributed by atoms with Gasteiger partial charge in [0.2, 0.25) is 10.0 Å². The molecule has 2 aromatic carbocycles. The quantitative estimate of drug-likeness (QED) is 0.606. The van der Waals surface area contributed by atoms with Gasteiger partial charge in [0.15, 0.2) is 0 Å². The van der Waals surface area contributed by atoms with Crippen molar-refractivity contribution in [3.05, 3.63) is 66.2 Å². The van der Waals surface area contributed by atoms with E-state index in [1.54, 1.807) is 54.3 Å². The van der Waals surface area contributed by atoms with E-state index in [4.69, 9.17) is 14.2 Å². The Balaban J connectivity index is 2.06. The summed E-state index contributed by atoms with van der Waals surface area (Å²) in [5.74, 6) is 2.18. The van der Waals surface area contributed by atoms with Crippen LogP contribution in [-0.4, -0.2) is 39.3 Å². The molecular weight excluding hydrogens is 394 g/mol. The molecule has 1 unspecified atom stereocenters. The lowest BCUT2D eigenvalue weighted by Gasteiger charge is -2.20. The zero-order valence-corrected chi connectivity index (χ0v) is 17.4. The van der Waals surface area contributed by atoms with Gasteiger partial charge in [0.1, 0.15) is 29.1 Å². The van der Waals surface area contributed by atoms with Gasteiger partial charge >= 0.3 is 0 Å². The van der Waals surface area contributed by atoms with Crippen molar-refractivity contribution in [2.24, 2.45) is 7.05 Å². The Labute approximate surface area is 170 Å². The number of aromatic nitrogens is 2. The molecule has 0 fully saturated rings. The number of rotatable bonds is 8. The van der Waals surface area contributed by atoms with Gasteiger partial charge < -0.3 is 18.8 Å². The molecular formula is C20H23N3O5S. The number of imidazole rings is 1. The maximum atomic E-state index is 13.1. The molecule has 0 saturated carbocycles. The number of sulfonamides is 1. The third-order valence-electron chi connectivity index (χ3n) is 4.47. The van der Waals surface area contributed by atoms with Crippen LogP contribution in [-0.2, 0) is 17.1 Å². The summed E-state index contributed by atoms with van der Waals surface area (Å²) in [6.07, 6.45) is 3.36. The normalized spacial score (nSPS) is 12.4. The van der Waals surface area contributed by atoms with E-state index in [1.807, 2.05) is 0 Å². The maximum Gasteiger partial charge on any atom is 0.241 e. The zero-order valence-electron chi connectivity index (χ0n) is 16.6. The summed E-state index contributed by atoms with van der Waals surface area (Å²) in [5.41, 5.74) is 0.632. The van der Waals surface area contributed by atoms with Crippen LogP contribution < -0.4 is 18.9 Å². The third-order valence-corrected chi connectivity index (χ3v) is 5.91. The number of methoxy groups -OCH3 is 3. The van der Waals surface area contributed by atoms with Crippen molar-refractivity contribution in [2.75, 3.05) is 21.3 Å². The Morgan fingerprint density at radius 1 is 0.931 bits per heavy atom. The molecule has 154 valence electrons. The Bertz CT molecular complexity index is 1060. The van der Waals surface area contributed by atoms with Gasteiger partial charge in [-0.05, 0) is 42.0 Å². The molecule has 8 nitrogen and oxygen atoms in total. The highest BCUT2D eigenvalue weighted by Crippen LogP contribution is 2.30. The van der Waals surface area contributed by atoms with Crippen LogP contribution in [0.1, 0.15) is 17.4 Å². The molecule has 3 rings (SSSR count). The molecule has 0 aliphatic carbocycles.